The van der Waals surface area contributed by atoms with E-state index in [-0.39, 0.29) is 5.92 Å². The summed E-state index contributed by atoms with van der Waals surface area (Å²) in [6, 6.07) is 0. The molecule has 4 N–H and O–H groups in total. The first-order chi connectivity index (χ1) is 9.15. The van der Waals surface area contributed by atoms with E-state index < -0.39 is 22.1 Å². The lowest BCUT2D eigenvalue weighted by molar-refractivity contribution is 0.0953. The second kappa shape index (κ2) is 9.38. The fraction of sp³-hybridized carbons (Fsp3) is 0.857. The second-order valence-corrected chi connectivity index (χ2v) is 7.03. The Morgan fingerprint density at radius 2 is 1.48 bits per heavy atom. The molecule has 0 amide bonds. The summed E-state index contributed by atoms with van der Waals surface area (Å²) in [6.45, 7) is 11.9. The highest BCUT2D eigenvalue weighted by Crippen LogP contribution is 2.17. The quantitative estimate of drug-likeness (QED) is 0.463. The van der Waals surface area contributed by atoms with Crippen molar-refractivity contribution >= 4 is 10.4 Å². The molecule has 126 valence electrons. The van der Waals surface area contributed by atoms with Gasteiger partial charge in [-0.15, -0.1) is 0 Å². The molecule has 0 spiro atoms. The fourth-order valence-corrected chi connectivity index (χ4v) is 1.57. The molecule has 0 fully saturated rings. The third-order valence-corrected chi connectivity index (χ3v) is 2.84. The van der Waals surface area contributed by atoms with E-state index in [1.807, 2.05) is 20.8 Å². The Bertz CT molecular complexity index is 434. The molecule has 0 saturated heterocycles. The largest absolute Gasteiger partial charge is 0.394 e. The van der Waals surface area contributed by atoms with Gasteiger partial charge in [0.2, 0.25) is 0 Å². The Balaban J connectivity index is 0. The predicted molar refractivity (Wildman–Crippen MR) is 82.0 cm³/mol. The van der Waals surface area contributed by atoms with Crippen LogP contribution in [0.3, 0.4) is 0 Å². The molecule has 0 aromatic carbocycles. The van der Waals surface area contributed by atoms with Gasteiger partial charge >= 0.3 is 10.4 Å². The van der Waals surface area contributed by atoms with Crippen LogP contribution in [0.2, 0.25) is 0 Å². The van der Waals surface area contributed by atoms with Crippen LogP contribution in [-0.2, 0) is 10.4 Å². The normalized spacial score (nSPS) is 17.1. The lowest BCUT2D eigenvalue weighted by atomic mass is 9.90. The van der Waals surface area contributed by atoms with Crippen molar-refractivity contribution in [2.24, 2.45) is 17.8 Å². The van der Waals surface area contributed by atoms with Crippen molar-refractivity contribution < 1.29 is 27.7 Å². The maximum atomic E-state index is 9.97. The fourth-order valence-electron chi connectivity index (χ4n) is 1.57. The summed E-state index contributed by atoms with van der Waals surface area (Å²) in [5, 5.41) is 19.8. The van der Waals surface area contributed by atoms with Crippen LogP contribution in [0.1, 0.15) is 48.0 Å². The van der Waals surface area contributed by atoms with Crippen LogP contribution in [0.4, 0.5) is 0 Å². The van der Waals surface area contributed by atoms with Crippen LogP contribution in [0.5, 0.6) is 0 Å². The average Bonchev–Trinajstić information content (AvgIpc) is 2.20. The van der Waals surface area contributed by atoms with E-state index in [1.165, 1.54) is 0 Å². The van der Waals surface area contributed by atoms with Gasteiger partial charge in [-0.1, -0.05) is 46.5 Å². The molecule has 0 saturated carbocycles. The Morgan fingerprint density at radius 3 is 1.76 bits per heavy atom. The Hall–Kier alpha value is -0.650. The highest BCUT2D eigenvalue weighted by Gasteiger charge is 2.20. The van der Waals surface area contributed by atoms with Gasteiger partial charge in [0, 0.05) is 0 Å². The van der Waals surface area contributed by atoms with Crippen molar-refractivity contribution in [3.05, 3.63) is 0 Å². The zero-order chi connectivity index (χ0) is 17.4. The molecule has 7 heteroatoms. The maximum absolute atomic E-state index is 9.97. The molecule has 0 aromatic heterocycles. The molecule has 3 atom stereocenters. The van der Waals surface area contributed by atoms with Crippen molar-refractivity contribution in [3.8, 4) is 11.8 Å². The van der Waals surface area contributed by atoms with Gasteiger partial charge in [0.15, 0.2) is 0 Å². The van der Waals surface area contributed by atoms with E-state index in [9.17, 15) is 10.2 Å². The zero-order valence-corrected chi connectivity index (χ0v) is 14.3. The monoisotopic (exact) mass is 324 g/mol. The third kappa shape index (κ3) is 17.3. The lowest BCUT2D eigenvalue weighted by Crippen LogP contribution is -2.26. The average molecular weight is 324 g/mol. The molecule has 0 rings (SSSR count). The van der Waals surface area contributed by atoms with Gasteiger partial charge in [-0.05, 0) is 31.1 Å². The third-order valence-electron chi connectivity index (χ3n) is 2.84. The number of aliphatic hydroxyl groups excluding tert-OH is 1. The van der Waals surface area contributed by atoms with E-state index >= 15 is 0 Å². The smallest absolute Gasteiger partial charge is 0.380 e. The van der Waals surface area contributed by atoms with Gasteiger partial charge in [0.25, 0.3) is 0 Å². The molecular weight excluding hydrogens is 296 g/mol. The summed E-state index contributed by atoms with van der Waals surface area (Å²) in [5.41, 5.74) is -0.994. The van der Waals surface area contributed by atoms with Crippen molar-refractivity contribution in [1.29, 1.82) is 0 Å². The van der Waals surface area contributed by atoms with Gasteiger partial charge < -0.3 is 10.2 Å². The highest BCUT2D eigenvalue weighted by molar-refractivity contribution is 7.79. The van der Waals surface area contributed by atoms with Crippen molar-refractivity contribution in [1.82, 2.24) is 0 Å². The van der Waals surface area contributed by atoms with Crippen LogP contribution < -0.4 is 0 Å². The molecule has 3 unspecified atom stereocenters. The summed E-state index contributed by atoms with van der Waals surface area (Å²) in [5.74, 6) is 6.45. The van der Waals surface area contributed by atoms with E-state index in [4.69, 9.17) is 17.5 Å². The number of rotatable bonds is 4. The lowest BCUT2D eigenvalue weighted by Gasteiger charge is -2.21. The SMILES string of the molecule is CC(C)CC(C)(O)C#CC(O)C(C)C(C)C.O=S(=O)(O)O. The highest BCUT2D eigenvalue weighted by atomic mass is 32.3. The second-order valence-electron chi connectivity index (χ2n) is 6.14. The Morgan fingerprint density at radius 1 is 1.10 bits per heavy atom. The topological polar surface area (TPSA) is 115 Å². The molecule has 0 aromatic rings. The van der Waals surface area contributed by atoms with Crippen LogP contribution in [-0.4, -0.2) is 39.4 Å². The maximum Gasteiger partial charge on any atom is 0.394 e. The molecule has 21 heavy (non-hydrogen) atoms. The van der Waals surface area contributed by atoms with E-state index in [0.717, 1.165) is 0 Å². The van der Waals surface area contributed by atoms with Gasteiger partial charge in [0.1, 0.15) is 11.7 Å². The van der Waals surface area contributed by atoms with Crippen molar-refractivity contribution in [2.75, 3.05) is 0 Å². The summed E-state index contributed by atoms with van der Waals surface area (Å²) in [6.07, 6.45) is -0.0263. The van der Waals surface area contributed by atoms with E-state index in [2.05, 4.69) is 25.7 Å². The minimum absolute atomic E-state index is 0.127. The van der Waals surface area contributed by atoms with Crippen LogP contribution in [0, 0.1) is 29.6 Å². The molecule has 0 aliphatic rings. The van der Waals surface area contributed by atoms with Crippen LogP contribution in [0.15, 0.2) is 0 Å². The number of aliphatic hydroxyl groups is 2. The van der Waals surface area contributed by atoms with Crippen LogP contribution >= 0.6 is 0 Å². The Labute approximate surface area is 128 Å². The summed E-state index contributed by atoms with van der Waals surface area (Å²) < 4.78 is 31.6. The summed E-state index contributed by atoms with van der Waals surface area (Å²) in [4.78, 5) is 0. The molecular formula is C14H28O6S. The molecule has 0 bridgehead atoms. The van der Waals surface area contributed by atoms with E-state index in [0.29, 0.717) is 18.3 Å². The van der Waals surface area contributed by atoms with Gasteiger partial charge in [-0.25, -0.2) is 0 Å². The molecule has 0 aliphatic heterocycles. The minimum Gasteiger partial charge on any atom is -0.380 e. The van der Waals surface area contributed by atoms with Gasteiger partial charge in [-0.2, -0.15) is 8.42 Å². The molecule has 0 radical (unpaired) electrons. The molecule has 0 heterocycles. The summed E-state index contributed by atoms with van der Waals surface area (Å²) >= 11 is 0. The van der Waals surface area contributed by atoms with Crippen LogP contribution in [0.25, 0.3) is 0 Å². The number of hydrogen-bond acceptors (Lipinski definition) is 4. The summed E-state index contributed by atoms with van der Waals surface area (Å²) in [7, 11) is -4.67. The first-order valence-electron chi connectivity index (χ1n) is 6.78. The number of hydrogen-bond donors (Lipinski definition) is 4. The van der Waals surface area contributed by atoms with Gasteiger partial charge in [0.05, 0.1) is 0 Å². The van der Waals surface area contributed by atoms with E-state index in [1.54, 1.807) is 6.92 Å². The van der Waals surface area contributed by atoms with Crippen molar-refractivity contribution in [2.45, 2.75) is 59.7 Å². The predicted octanol–water partition coefficient (Wildman–Crippen LogP) is 1.79. The standard InChI is InChI=1S/C14H26O2.H2O4S/c1-10(2)9-14(6,16)8-7-13(15)12(5)11(3)4;1-5(2,3)4/h10-13,15-16H,9H2,1-6H3;(H2,1,2,3,4). The first kappa shape index (κ1) is 22.6. The Kier molecular flexibility index (Phi) is 10.1. The minimum atomic E-state index is -4.67. The van der Waals surface area contributed by atoms with Crippen molar-refractivity contribution in [3.63, 3.8) is 0 Å². The molecule has 6 nitrogen and oxygen atoms in total. The molecule has 0 aliphatic carbocycles. The first-order valence-corrected chi connectivity index (χ1v) is 8.18. The van der Waals surface area contributed by atoms with Gasteiger partial charge in [-0.3, -0.25) is 9.11 Å². The zero-order valence-electron chi connectivity index (χ0n) is 13.5.